The highest BCUT2D eigenvalue weighted by Gasteiger charge is 2.07. The van der Waals surface area contributed by atoms with E-state index in [9.17, 15) is 4.39 Å². The Balaban J connectivity index is 2.61. The van der Waals surface area contributed by atoms with Crippen molar-refractivity contribution in [2.75, 3.05) is 25.0 Å². The maximum absolute atomic E-state index is 13.9. The summed E-state index contributed by atoms with van der Waals surface area (Å²) < 4.78 is 13.9. The van der Waals surface area contributed by atoms with Crippen LogP contribution in [0.5, 0.6) is 0 Å². The van der Waals surface area contributed by atoms with Crippen LogP contribution in [0.15, 0.2) is 18.2 Å². The van der Waals surface area contributed by atoms with Gasteiger partial charge >= 0.3 is 0 Å². The highest BCUT2D eigenvalue weighted by molar-refractivity contribution is 5.48. The van der Waals surface area contributed by atoms with Crippen LogP contribution in [0.3, 0.4) is 0 Å². The summed E-state index contributed by atoms with van der Waals surface area (Å²) in [5, 5.41) is 3.32. The average Bonchev–Trinajstić information content (AvgIpc) is 2.28. The number of benzene rings is 1. The lowest BCUT2D eigenvalue weighted by atomic mass is 10.1. The summed E-state index contributed by atoms with van der Waals surface area (Å²) in [6.45, 7) is 8.99. The quantitative estimate of drug-likeness (QED) is 0.800. The topological polar surface area (TPSA) is 15.3 Å². The van der Waals surface area contributed by atoms with Crippen molar-refractivity contribution in [3.63, 3.8) is 0 Å². The van der Waals surface area contributed by atoms with Crippen LogP contribution < -0.4 is 10.2 Å². The van der Waals surface area contributed by atoms with Crippen molar-refractivity contribution >= 4 is 5.69 Å². The third kappa shape index (κ3) is 4.65. The Morgan fingerprint density at radius 3 is 2.61 bits per heavy atom. The van der Waals surface area contributed by atoms with Crippen molar-refractivity contribution in [1.29, 1.82) is 0 Å². The second kappa shape index (κ2) is 7.37. The Kier molecular flexibility index (Phi) is 6.13. The molecule has 1 rings (SSSR count). The van der Waals surface area contributed by atoms with E-state index in [1.54, 1.807) is 6.07 Å². The van der Waals surface area contributed by atoms with Crippen molar-refractivity contribution in [1.82, 2.24) is 5.32 Å². The monoisotopic (exact) mass is 252 g/mol. The van der Waals surface area contributed by atoms with Gasteiger partial charge in [0, 0.05) is 20.1 Å². The molecule has 1 N–H and O–H groups in total. The van der Waals surface area contributed by atoms with Crippen LogP contribution >= 0.6 is 0 Å². The Labute approximate surface area is 110 Å². The minimum absolute atomic E-state index is 0.130. The van der Waals surface area contributed by atoms with Crippen LogP contribution in [0.2, 0.25) is 0 Å². The molecule has 102 valence electrons. The third-order valence-electron chi connectivity index (χ3n) is 2.86. The van der Waals surface area contributed by atoms with Crippen molar-refractivity contribution in [2.45, 2.75) is 33.7 Å². The summed E-state index contributed by atoms with van der Waals surface area (Å²) in [5.74, 6) is 0.486. The third-order valence-corrected chi connectivity index (χ3v) is 2.86. The summed E-state index contributed by atoms with van der Waals surface area (Å²) in [7, 11) is 1.93. The first-order valence-corrected chi connectivity index (χ1v) is 6.74. The van der Waals surface area contributed by atoms with Gasteiger partial charge < -0.3 is 10.2 Å². The minimum Gasteiger partial charge on any atom is -0.372 e. The summed E-state index contributed by atoms with van der Waals surface area (Å²) in [6.07, 6.45) is 1.02. The maximum atomic E-state index is 13.9. The number of nitrogens with one attached hydrogen (secondary N) is 1. The molecule has 0 amide bonds. The normalized spacial score (nSPS) is 11.0. The lowest BCUT2D eigenvalue weighted by molar-refractivity contribution is 0.550. The molecule has 0 saturated heterocycles. The van der Waals surface area contributed by atoms with E-state index >= 15 is 0 Å². The van der Waals surface area contributed by atoms with Gasteiger partial charge in [0.05, 0.1) is 5.69 Å². The van der Waals surface area contributed by atoms with Crippen LogP contribution in [0.4, 0.5) is 10.1 Å². The maximum Gasteiger partial charge on any atom is 0.146 e. The second-order valence-electron chi connectivity index (χ2n) is 5.23. The van der Waals surface area contributed by atoms with Crippen molar-refractivity contribution in [2.24, 2.45) is 5.92 Å². The zero-order valence-corrected chi connectivity index (χ0v) is 12.0. The fourth-order valence-corrected chi connectivity index (χ4v) is 1.93. The smallest absolute Gasteiger partial charge is 0.146 e. The van der Waals surface area contributed by atoms with E-state index < -0.39 is 0 Å². The van der Waals surface area contributed by atoms with Gasteiger partial charge in [-0.25, -0.2) is 4.39 Å². The first kappa shape index (κ1) is 15.0. The molecule has 0 aliphatic rings. The Morgan fingerprint density at radius 2 is 2.06 bits per heavy atom. The molecule has 2 nitrogen and oxygen atoms in total. The van der Waals surface area contributed by atoms with Gasteiger partial charge in [-0.2, -0.15) is 0 Å². The molecule has 0 fully saturated rings. The number of halogens is 1. The molecule has 18 heavy (non-hydrogen) atoms. The van der Waals surface area contributed by atoms with Gasteiger partial charge in [0.2, 0.25) is 0 Å². The molecule has 0 saturated carbocycles. The van der Waals surface area contributed by atoms with Crippen molar-refractivity contribution in [3.8, 4) is 0 Å². The molecular weight excluding hydrogens is 227 g/mol. The molecular formula is C15H25FN2. The molecule has 3 heteroatoms. The standard InChI is InChI=1S/C15H25FN2/c1-5-8-18(4)15-7-6-13(9-14(15)16)11-17-10-12(2)3/h6-7,9,12,17H,5,8,10-11H2,1-4H3. The SMILES string of the molecule is CCCN(C)c1ccc(CNCC(C)C)cc1F. The molecule has 0 aliphatic carbocycles. The van der Waals surface area contributed by atoms with E-state index in [-0.39, 0.29) is 5.82 Å². The van der Waals surface area contributed by atoms with E-state index in [4.69, 9.17) is 0 Å². The van der Waals surface area contributed by atoms with Crippen molar-refractivity contribution in [3.05, 3.63) is 29.6 Å². The molecule has 0 aromatic heterocycles. The van der Waals surface area contributed by atoms with E-state index in [0.717, 1.165) is 31.6 Å². The number of rotatable bonds is 7. The van der Waals surface area contributed by atoms with Gasteiger partial charge in [0.25, 0.3) is 0 Å². The van der Waals surface area contributed by atoms with Crippen LogP contribution in [0, 0.1) is 11.7 Å². The Morgan fingerprint density at radius 1 is 1.33 bits per heavy atom. The average molecular weight is 252 g/mol. The van der Waals surface area contributed by atoms with E-state index in [1.807, 2.05) is 24.1 Å². The molecule has 0 atom stereocenters. The van der Waals surface area contributed by atoms with Gasteiger partial charge in [0.1, 0.15) is 5.82 Å². The summed E-state index contributed by atoms with van der Waals surface area (Å²) >= 11 is 0. The lowest BCUT2D eigenvalue weighted by Crippen LogP contribution is -2.20. The Hall–Kier alpha value is -1.09. The van der Waals surface area contributed by atoms with E-state index in [2.05, 4.69) is 26.1 Å². The van der Waals surface area contributed by atoms with Gasteiger partial charge in [-0.3, -0.25) is 0 Å². The highest BCUT2D eigenvalue weighted by Crippen LogP contribution is 2.19. The van der Waals surface area contributed by atoms with Crippen LogP contribution in [-0.4, -0.2) is 20.1 Å². The van der Waals surface area contributed by atoms with Gasteiger partial charge in [-0.1, -0.05) is 26.8 Å². The lowest BCUT2D eigenvalue weighted by Gasteiger charge is -2.19. The zero-order valence-electron chi connectivity index (χ0n) is 12.0. The molecule has 1 aromatic carbocycles. The molecule has 0 bridgehead atoms. The van der Waals surface area contributed by atoms with E-state index in [1.165, 1.54) is 0 Å². The Bertz CT molecular complexity index is 364. The van der Waals surface area contributed by atoms with Crippen LogP contribution in [0.25, 0.3) is 0 Å². The first-order valence-electron chi connectivity index (χ1n) is 6.74. The number of nitrogens with zero attached hydrogens (tertiary/aromatic N) is 1. The fraction of sp³-hybridized carbons (Fsp3) is 0.600. The predicted octanol–water partition coefficient (Wildman–Crippen LogP) is 3.42. The largest absolute Gasteiger partial charge is 0.372 e. The van der Waals surface area contributed by atoms with Crippen molar-refractivity contribution < 1.29 is 4.39 Å². The first-order chi connectivity index (χ1) is 8.54. The van der Waals surface area contributed by atoms with Gasteiger partial charge in [-0.05, 0) is 36.6 Å². The fourth-order valence-electron chi connectivity index (χ4n) is 1.93. The van der Waals surface area contributed by atoms with Gasteiger partial charge in [0.15, 0.2) is 0 Å². The van der Waals surface area contributed by atoms with Crippen LogP contribution in [-0.2, 0) is 6.54 Å². The zero-order chi connectivity index (χ0) is 13.5. The van der Waals surface area contributed by atoms with E-state index in [0.29, 0.717) is 11.6 Å². The van der Waals surface area contributed by atoms with Crippen LogP contribution in [0.1, 0.15) is 32.8 Å². The predicted molar refractivity (Wildman–Crippen MR) is 76.5 cm³/mol. The summed E-state index contributed by atoms with van der Waals surface area (Å²) in [5.41, 5.74) is 1.69. The summed E-state index contributed by atoms with van der Waals surface area (Å²) in [4.78, 5) is 1.96. The number of anilines is 1. The highest BCUT2D eigenvalue weighted by atomic mass is 19.1. The van der Waals surface area contributed by atoms with Gasteiger partial charge in [-0.15, -0.1) is 0 Å². The second-order valence-corrected chi connectivity index (χ2v) is 5.23. The molecule has 0 heterocycles. The number of hydrogen-bond donors (Lipinski definition) is 1. The molecule has 0 radical (unpaired) electrons. The molecule has 0 aliphatic heterocycles. The summed E-state index contributed by atoms with van der Waals surface area (Å²) in [6, 6.07) is 5.50. The number of hydrogen-bond acceptors (Lipinski definition) is 2. The molecule has 0 spiro atoms. The molecule has 0 unspecified atom stereocenters. The minimum atomic E-state index is -0.130. The molecule has 1 aromatic rings.